The molecule has 16 heavy (non-hydrogen) atoms. The van der Waals surface area contributed by atoms with Crippen molar-refractivity contribution in [3.05, 3.63) is 35.4 Å². The van der Waals surface area contributed by atoms with E-state index in [4.69, 9.17) is 5.11 Å². The largest absolute Gasteiger partial charge is 0.478 e. The van der Waals surface area contributed by atoms with Gasteiger partial charge in [-0.2, -0.15) is 0 Å². The first-order valence-corrected chi connectivity index (χ1v) is 6.39. The summed E-state index contributed by atoms with van der Waals surface area (Å²) in [4.78, 5) is 10.7. The second-order valence-corrected chi connectivity index (χ2v) is 5.07. The average molecular weight is 243 g/mol. The SMILES string of the molecule is CCNS(=O)(=O)Cc1cccc(C(=O)O)c1. The zero-order valence-electron chi connectivity index (χ0n) is 8.80. The zero-order chi connectivity index (χ0) is 12.2. The minimum absolute atomic E-state index is 0.0872. The fourth-order valence-corrected chi connectivity index (χ4v) is 2.44. The Balaban J connectivity index is 2.90. The van der Waals surface area contributed by atoms with E-state index in [2.05, 4.69) is 4.72 Å². The van der Waals surface area contributed by atoms with Crippen LogP contribution in [0, 0.1) is 0 Å². The number of hydrogen-bond donors (Lipinski definition) is 2. The minimum atomic E-state index is -3.37. The van der Waals surface area contributed by atoms with Gasteiger partial charge in [0, 0.05) is 6.54 Å². The van der Waals surface area contributed by atoms with Crippen molar-refractivity contribution in [2.45, 2.75) is 12.7 Å². The van der Waals surface area contributed by atoms with Crippen LogP contribution in [0.25, 0.3) is 0 Å². The van der Waals surface area contributed by atoms with Gasteiger partial charge >= 0.3 is 5.97 Å². The summed E-state index contributed by atoms with van der Waals surface area (Å²) >= 11 is 0. The molecule has 88 valence electrons. The number of rotatable bonds is 5. The molecule has 0 heterocycles. The Kier molecular flexibility index (Phi) is 4.03. The topological polar surface area (TPSA) is 83.5 Å². The first-order chi connectivity index (χ1) is 7.44. The highest BCUT2D eigenvalue weighted by Crippen LogP contribution is 2.08. The van der Waals surface area contributed by atoms with Gasteiger partial charge in [0.15, 0.2) is 0 Å². The van der Waals surface area contributed by atoms with E-state index in [1.54, 1.807) is 13.0 Å². The summed E-state index contributed by atoms with van der Waals surface area (Å²) in [5.74, 6) is -1.27. The second kappa shape index (κ2) is 5.09. The Labute approximate surface area is 94.2 Å². The second-order valence-electron chi connectivity index (χ2n) is 3.26. The molecule has 0 radical (unpaired) electrons. The summed E-state index contributed by atoms with van der Waals surface area (Å²) in [5.41, 5.74) is 0.546. The molecular formula is C10H13NO4S. The van der Waals surface area contributed by atoms with Crippen molar-refractivity contribution in [3.8, 4) is 0 Å². The number of benzene rings is 1. The summed E-state index contributed by atoms with van der Waals surface area (Å²) in [6, 6.07) is 5.89. The van der Waals surface area contributed by atoms with Crippen LogP contribution in [0.1, 0.15) is 22.8 Å². The lowest BCUT2D eigenvalue weighted by atomic mass is 10.1. The Morgan fingerprint density at radius 2 is 2.12 bits per heavy atom. The molecule has 0 spiro atoms. The van der Waals surface area contributed by atoms with Crippen LogP contribution in [0.3, 0.4) is 0 Å². The van der Waals surface area contributed by atoms with E-state index in [9.17, 15) is 13.2 Å². The third-order valence-electron chi connectivity index (χ3n) is 1.89. The highest BCUT2D eigenvalue weighted by molar-refractivity contribution is 7.88. The normalized spacial score (nSPS) is 11.3. The van der Waals surface area contributed by atoms with Gasteiger partial charge in [0.05, 0.1) is 11.3 Å². The maximum atomic E-state index is 11.4. The van der Waals surface area contributed by atoms with Gasteiger partial charge in [0.1, 0.15) is 0 Å². The molecule has 0 fully saturated rings. The molecule has 0 aliphatic heterocycles. The zero-order valence-corrected chi connectivity index (χ0v) is 9.62. The van der Waals surface area contributed by atoms with Gasteiger partial charge in [0.2, 0.25) is 10.0 Å². The quantitative estimate of drug-likeness (QED) is 0.802. The van der Waals surface area contributed by atoms with Crippen LogP contribution in [0.5, 0.6) is 0 Å². The monoisotopic (exact) mass is 243 g/mol. The predicted octanol–water partition coefficient (Wildman–Crippen LogP) is 0.824. The lowest BCUT2D eigenvalue weighted by molar-refractivity contribution is 0.0696. The van der Waals surface area contributed by atoms with Crippen molar-refractivity contribution in [2.24, 2.45) is 0 Å². The van der Waals surface area contributed by atoms with E-state index in [0.29, 0.717) is 12.1 Å². The predicted molar refractivity (Wildman–Crippen MR) is 59.7 cm³/mol. The van der Waals surface area contributed by atoms with E-state index < -0.39 is 16.0 Å². The molecule has 0 bridgehead atoms. The van der Waals surface area contributed by atoms with Crippen molar-refractivity contribution in [1.82, 2.24) is 4.72 Å². The lowest BCUT2D eigenvalue weighted by Gasteiger charge is -2.05. The maximum Gasteiger partial charge on any atom is 0.335 e. The Morgan fingerprint density at radius 1 is 1.44 bits per heavy atom. The molecule has 0 aromatic heterocycles. The molecule has 0 unspecified atom stereocenters. The molecule has 1 aromatic rings. The van der Waals surface area contributed by atoms with Crippen molar-refractivity contribution in [2.75, 3.05) is 6.54 Å². The van der Waals surface area contributed by atoms with Crippen molar-refractivity contribution < 1.29 is 18.3 Å². The number of aromatic carboxylic acids is 1. The standard InChI is InChI=1S/C10H13NO4S/c1-2-11-16(14,15)7-8-4-3-5-9(6-8)10(12)13/h3-6,11H,2,7H2,1H3,(H,12,13). The lowest BCUT2D eigenvalue weighted by Crippen LogP contribution is -2.24. The molecule has 5 nitrogen and oxygen atoms in total. The van der Waals surface area contributed by atoms with Crippen molar-refractivity contribution in [1.29, 1.82) is 0 Å². The molecular weight excluding hydrogens is 230 g/mol. The molecule has 0 aliphatic carbocycles. The molecule has 0 saturated carbocycles. The van der Waals surface area contributed by atoms with Gasteiger partial charge in [-0.25, -0.2) is 17.9 Å². The highest BCUT2D eigenvalue weighted by Gasteiger charge is 2.11. The van der Waals surface area contributed by atoms with Crippen LogP contribution >= 0.6 is 0 Å². The first kappa shape index (κ1) is 12.7. The van der Waals surface area contributed by atoms with Crippen LogP contribution in [-0.4, -0.2) is 26.0 Å². The van der Waals surface area contributed by atoms with Gasteiger partial charge in [-0.1, -0.05) is 19.1 Å². The molecule has 2 N–H and O–H groups in total. The van der Waals surface area contributed by atoms with Gasteiger partial charge in [-0.3, -0.25) is 0 Å². The van der Waals surface area contributed by atoms with Crippen LogP contribution in [-0.2, 0) is 15.8 Å². The molecule has 1 rings (SSSR count). The Morgan fingerprint density at radius 3 is 2.69 bits per heavy atom. The van der Waals surface area contributed by atoms with Gasteiger partial charge in [-0.15, -0.1) is 0 Å². The highest BCUT2D eigenvalue weighted by atomic mass is 32.2. The number of hydrogen-bond acceptors (Lipinski definition) is 3. The summed E-state index contributed by atoms with van der Waals surface area (Å²) < 4.78 is 25.2. The third kappa shape index (κ3) is 3.63. The first-order valence-electron chi connectivity index (χ1n) is 4.74. The van der Waals surface area contributed by atoms with Crippen molar-refractivity contribution in [3.63, 3.8) is 0 Å². The van der Waals surface area contributed by atoms with Crippen molar-refractivity contribution >= 4 is 16.0 Å². The summed E-state index contributed by atoms with van der Waals surface area (Å²) in [6.45, 7) is 2.01. The van der Waals surface area contributed by atoms with Crippen LogP contribution in [0.2, 0.25) is 0 Å². The maximum absolute atomic E-state index is 11.4. The molecule has 1 aromatic carbocycles. The summed E-state index contributed by atoms with van der Waals surface area (Å²) in [6.07, 6.45) is 0. The summed E-state index contributed by atoms with van der Waals surface area (Å²) in [5, 5.41) is 8.75. The Bertz CT molecular complexity index is 481. The van der Waals surface area contributed by atoms with E-state index >= 15 is 0 Å². The Hall–Kier alpha value is -1.40. The molecule has 0 aliphatic rings. The molecule has 0 amide bonds. The van der Waals surface area contributed by atoms with Gasteiger partial charge in [0.25, 0.3) is 0 Å². The number of nitrogens with one attached hydrogen (secondary N) is 1. The smallest absolute Gasteiger partial charge is 0.335 e. The average Bonchev–Trinajstić information content (AvgIpc) is 2.17. The fraction of sp³-hybridized carbons (Fsp3) is 0.300. The van der Waals surface area contributed by atoms with Crippen LogP contribution in [0.15, 0.2) is 24.3 Å². The number of carbonyl (C=O) groups is 1. The van der Waals surface area contributed by atoms with E-state index in [-0.39, 0.29) is 11.3 Å². The van der Waals surface area contributed by atoms with E-state index in [0.717, 1.165) is 0 Å². The van der Waals surface area contributed by atoms with E-state index in [1.165, 1.54) is 18.2 Å². The molecule has 0 atom stereocenters. The summed E-state index contributed by atoms with van der Waals surface area (Å²) in [7, 11) is -3.37. The molecule has 0 saturated heterocycles. The fourth-order valence-electron chi connectivity index (χ4n) is 1.28. The van der Waals surface area contributed by atoms with E-state index in [1.807, 2.05) is 0 Å². The third-order valence-corrected chi connectivity index (χ3v) is 3.34. The van der Waals surface area contributed by atoms with Crippen LogP contribution in [0.4, 0.5) is 0 Å². The van der Waals surface area contributed by atoms with Crippen LogP contribution < -0.4 is 4.72 Å². The van der Waals surface area contributed by atoms with Gasteiger partial charge in [-0.05, 0) is 17.7 Å². The number of carboxylic acid groups (broad SMARTS) is 1. The minimum Gasteiger partial charge on any atom is -0.478 e. The van der Waals surface area contributed by atoms with Gasteiger partial charge < -0.3 is 5.11 Å². The number of sulfonamides is 1. The number of carboxylic acids is 1. The molecule has 6 heteroatoms.